The highest BCUT2D eigenvalue weighted by atomic mass is 16.4. The maximum atomic E-state index is 11.7. The third-order valence-electron chi connectivity index (χ3n) is 4.11. The van der Waals surface area contributed by atoms with E-state index < -0.39 is 12.0 Å². The highest BCUT2D eigenvalue weighted by Crippen LogP contribution is 2.26. The SMILES string of the molecule is O=C(NC1CCC1)NC(C(=O)O)C1CCCCC1. The molecule has 1 unspecified atom stereocenters. The molecule has 2 fully saturated rings. The Morgan fingerprint density at radius 1 is 1.00 bits per heavy atom. The van der Waals surface area contributed by atoms with Crippen LogP contribution in [0.25, 0.3) is 0 Å². The molecule has 5 heteroatoms. The zero-order valence-electron chi connectivity index (χ0n) is 10.7. The molecule has 2 amide bonds. The lowest BCUT2D eigenvalue weighted by Gasteiger charge is -2.30. The summed E-state index contributed by atoms with van der Waals surface area (Å²) in [7, 11) is 0. The van der Waals surface area contributed by atoms with Crippen LogP contribution in [0.3, 0.4) is 0 Å². The second kappa shape index (κ2) is 6.07. The van der Waals surface area contributed by atoms with Gasteiger partial charge in [0, 0.05) is 6.04 Å². The molecular weight excluding hydrogens is 232 g/mol. The van der Waals surface area contributed by atoms with Gasteiger partial charge in [-0.1, -0.05) is 19.3 Å². The van der Waals surface area contributed by atoms with Crippen molar-refractivity contribution in [3.63, 3.8) is 0 Å². The molecule has 18 heavy (non-hydrogen) atoms. The minimum absolute atomic E-state index is 0.0865. The minimum atomic E-state index is -0.911. The summed E-state index contributed by atoms with van der Waals surface area (Å²) in [6.07, 6.45) is 8.29. The van der Waals surface area contributed by atoms with Gasteiger partial charge in [-0.25, -0.2) is 9.59 Å². The van der Waals surface area contributed by atoms with E-state index in [1.807, 2.05) is 0 Å². The standard InChI is InChI=1S/C13H22N2O3/c16-12(17)11(9-5-2-1-3-6-9)15-13(18)14-10-7-4-8-10/h9-11H,1-8H2,(H,16,17)(H2,14,15,18). The number of rotatable bonds is 4. The molecule has 0 heterocycles. The van der Waals surface area contributed by atoms with Gasteiger partial charge in [0.05, 0.1) is 0 Å². The van der Waals surface area contributed by atoms with Crippen molar-refractivity contribution >= 4 is 12.0 Å². The first kappa shape index (κ1) is 13.2. The monoisotopic (exact) mass is 254 g/mol. The third-order valence-corrected chi connectivity index (χ3v) is 4.11. The van der Waals surface area contributed by atoms with E-state index in [1.54, 1.807) is 0 Å². The summed E-state index contributed by atoms with van der Waals surface area (Å²) in [5, 5.41) is 14.7. The maximum absolute atomic E-state index is 11.7. The minimum Gasteiger partial charge on any atom is -0.480 e. The Hall–Kier alpha value is -1.26. The number of amides is 2. The van der Waals surface area contributed by atoms with Crippen molar-refractivity contribution in [1.29, 1.82) is 0 Å². The first-order valence-electron chi connectivity index (χ1n) is 6.96. The van der Waals surface area contributed by atoms with Crippen LogP contribution >= 0.6 is 0 Å². The number of carboxylic acids is 1. The lowest BCUT2D eigenvalue weighted by molar-refractivity contribution is -0.141. The summed E-state index contributed by atoms with van der Waals surface area (Å²) in [6, 6.07) is -0.811. The maximum Gasteiger partial charge on any atom is 0.326 e. The van der Waals surface area contributed by atoms with Crippen molar-refractivity contribution in [2.24, 2.45) is 5.92 Å². The molecule has 3 N–H and O–H groups in total. The molecule has 0 aromatic carbocycles. The smallest absolute Gasteiger partial charge is 0.326 e. The van der Waals surface area contributed by atoms with Crippen molar-refractivity contribution < 1.29 is 14.7 Å². The molecule has 0 aromatic rings. The second-order valence-corrected chi connectivity index (χ2v) is 5.46. The lowest BCUT2D eigenvalue weighted by atomic mass is 9.84. The van der Waals surface area contributed by atoms with E-state index in [2.05, 4.69) is 10.6 Å². The van der Waals surface area contributed by atoms with Gasteiger partial charge in [0.2, 0.25) is 0 Å². The van der Waals surface area contributed by atoms with Gasteiger partial charge in [0.1, 0.15) is 6.04 Å². The van der Waals surface area contributed by atoms with Crippen LogP contribution in [-0.2, 0) is 4.79 Å². The number of urea groups is 1. The van der Waals surface area contributed by atoms with E-state index >= 15 is 0 Å². The molecule has 0 saturated heterocycles. The van der Waals surface area contributed by atoms with E-state index in [-0.39, 0.29) is 18.0 Å². The van der Waals surface area contributed by atoms with Gasteiger partial charge in [-0.3, -0.25) is 0 Å². The van der Waals surface area contributed by atoms with Crippen LogP contribution in [0.2, 0.25) is 0 Å². The topological polar surface area (TPSA) is 78.4 Å². The third kappa shape index (κ3) is 3.37. The van der Waals surface area contributed by atoms with Crippen LogP contribution in [-0.4, -0.2) is 29.2 Å². The average molecular weight is 254 g/mol. The number of carbonyl (C=O) groups is 2. The fraction of sp³-hybridized carbons (Fsp3) is 0.846. The van der Waals surface area contributed by atoms with E-state index in [0.717, 1.165) is 44.9 Å². The molecule has 0 aromatic heterocycles. The van der Waals surface area contributed by atoms with Crippen molar-refractivity contribution in [3.8, 4) is 0 Å². The predicted octanol–water partition coefficient (Wildman–Crippen LogP) is 1.87. The fourth-order valence-electron chi connectivity index (χ4n) is 2.77. The number of nitrogens with one attached hydrogen (secondary N) is 2. The molecular formula is C13H22N2O3. The molecule has 2 saturated carbocycles. The summed E-state index contributed by atoms with van der Waals surface area (Å²) in [4.78, 5) is 23.0. The molecule has 0 radical (unpaired) electrons. The van der Waals surface area contributed by atoms with Gasteiger partial charge in [-0.2, -0.15) is 0 Å². The molecule has 2 aliphatic carbocycles. The van der Waals surface area contributed by atoms with Gasteiger partial charge >= 0.3 is 12.0 Å². The molecule has 5 nitrogen and oxygen atoms in total. The summed E-state index contributed by atoms with van der Waals surface area (Å²) in [5.41, 5.74) is 0. The van der Waals surface area contributed by atoms with Crippen molar-refractivity contribution in [2.45, 2.75) is 63.5 Å². The number of carboxylic acid groups (broad SMARTS) is 1. The molecule has 2 rings (SSSR count). The van der Waals surface area contributed by atoms with Crippen molar-refractivity contribution in [2.75, 3.05) is 0 Å². The molecule has 102 valence electrons. The highest BCUT2D eigenvalue weighted by molar-refractivity contribution is 5.82. The van der Waals surface area contributed by atoms with E-state index in [9.17, 15) is 14.7 Å². The quantitative estimate of drug-likeness (QED) is 0.716. The Balaban J connectivity index is 1.84. The summed E-state index contributed by atoms with van der Waals surface area (Å²) >= 11 is 0. The van der Waals surface area contributed by atoms with Crippen LogP contribution in [0.4, 0.5) is 4.79 Å². The molecule has 1 atom stereocenters. The average Bonchev–Trinajstić information content (AvgIpc) is 2.31. The Bertz CT molecular complexity index is 309. The Labute approximate surface area is 107 Å². The Morgan fingerprint density at radius 3 is 2.17 bits per heavy atom. The Kier molecular flexibility index (Phi) is 4.44. The van der Waals surface area contributed by atoms with E-state index in [0.29, 0.717) is 0 Å². The highest BCUT2D eigenvalue weighted by Gasteiger charge is 2.31. The van der Waals surface area contributed by atoms with Gasteiger partial charge in [-0.05, 0) is 38.0 Å². The molecule has 0 bridgehead atoms. The number of hydrogen-bond donors (Lipinski definition) is 3. The van der Waals surface area contributed by atoms with Crippen molar-refractivity contribution in [1.82, 2.24) is 10.6 Å². The Morgan fingerprint density at radius 2 is 1.67 bits per heavy atom. The molecule has 2 aliphatic rings. The largest absolute Gasteiger partial charge is 0.480 e. The van der Waals surface area contributed by atoms with Crippen LogP contribution < -0.4 is 10.6 Å². The number of carbonyl (C=O) groups excluding carboxylic acids is 1. The van der Waals surface area contributed by atoms with Gasteiger partial charge in [0.25, 0.3) is 0 Å². The van der Waals surface area contributed by atoms with Crippen LogP contribution in [0.5, 0.6) is 0 Å². The number of hydrogen-bond acceptors (Lipinski definition) is 2. The normalized spacial score (nSPS) is 22.9. The molecule has 0 spiro atoms. The summed E-state index contributed by atoms with van der Waals surface area (Å²) in [6.45, 7) is 0. The lowest BCUT2D eigenvalue weighted by Crippen LogP contribution is -2.53. The first-order valence-corrected chi connectivity index (χ1v) is 6.96. The van der Waals surface area contributed by atoms with Gasteiger partial charge in [0.15, 0.2) is 0 Å². The zero-order valence-corrected chi connectivity index (χ0v) is 10.7. The summed E-state index contributed by atoms with van der Waals surface area (Å²) < 4.78 is 0. The van der Waals surface area contributed by atoms with Gasteiger partial charge < -0.3 is 15.7 Å². The molecule has 0 aliphatic heterocycles. The van der Waals surface area contributed by atoms with Crippen LogP contribution in [0.1, 0.15) is 51.4 Å². The first-order chi connectivity index (χ1) is 8.66. The summed E-state index contributed by atoms with van der Waals surface area (Å²) in [5.74, 6) is -0.825. The number of aliphatic carboxylic acids is 1. The van der Waals surface area contributed by atoms with Gasteiger partial charge in [-0.15, -0.1) is 0 Å². The van der Waals surface area contributed by atoms with E-state index in [1.165, 1.54) is 6.42 Å². The van der Waals surface area contributed by atoms with Crippen LogP contribution in [0.15, 0.2) is 0 Å². The van der Waals surface area contributed by atoms with Crippen LogP contribution in [0, 0.1) is 5.92 Å². The second-order valence-electron chi connectivity index (χ2n) is 5.46. The zero-order chi connectivity index (χ0) is 13.0. The fourth-order valence-corrected chi connectivity index (χ4v) is 2.77. The predicted molar refractivity (Wildman–Crippen MR) is 67.3 cm³/mol. The van der Waals surface area contributed by atoms with E-state index in [4.69, 9.17) is 0 Å². The van der Waals surface area contributed by atoms with Crippen molar-refractivity contribution in [3.05, 3.63) is 0 Å².